The lowest BCUT2D eigenvalue weighted by Gasteiger charge is -2.22. The van der Waals surface area contributed by atoms with Gasteiger partial charge in [-0.15, -0.1) is 0 Å². The lowest BCUT2D eigenvalue weighted by atomic mass is 10.1. The van der Waals surface area contributed by atoms with E-state index >= 15 is 0 Å². The fourth-order valence-electron chi connectivity index (χ4n) is 1.87. The monoisotopic (exact) mass is 250 g/mol. The summed E-state index contributed by atoms with van der Waals surface area (Å²) < 4.78 is 43.7. The first-order valence-electron chi connectivity index (χ1n) is 5.38. The maximum absolute atomic E-state index is 13.1. The van der Waals surface area contributed by atoms with Gasteiger partial charge in [0.1, 0.15) is 5.69 Å². The third-order valence-electron chi connectivity index (χ3n) is 2.78. The molecule has 1 fully saturated rings. The van der Waals surface area contributed by atoms with Crippen molar-refractivity contribution in [1.82, 2.24) is 9.78 Å². The number of halogens is 3. The second kappa shape index (κ2) is 4.95. The highest BCUT2D eigenvalue weighted by Crippen LogP contribution is 2.30. The third kappa shape index (κ3) is 2.54. The summed E-state index contributed by atoms with van der Waals surface area (Å²) in [4.78, 5) is 0. The van der Waals surface area contributed by atoms with Gasteiger partial charge in [-0.2, -0.15) is 5.10 Å². The Kier molecular flexibility index (Phi) is 3.56. The Labute approximate surface area is 96.0 Å². The molecular formula is C10H13F3N2O2. The highest BCUT2D eigenvalue weighted by molar-refractivity contribution is 5.18. The average Bonchev–Trinajstić information content (AvgIpc) is 2.71. The van der Waals surface area contributed by atoms with Gasteiger partial charge < -0.3 is 9.84 Å². The van der Waals surface area contributed by atoms with Crippen LogP contribution in [0.5, 0.6) is 5.88 Å². The van der Waals surface area contributed by atoms with Gasteiger partial charge in [0, 0.05) is 19.3 Å². The van der Waals surface area contributed by atoms with Crippen LogP contribution >= 0.6 is 0 Å². The zero-order valence-electron chi connectivity index (χ0n) is 9.02. The van der Waals surface area contributed by atoms with Crippen molar-refractivity contribution in [3.8, 4) is 5.88 Å². The Balaban J connectivity index is 2.17. The van der Waals surface area contributed by atoms with E-state index in [0.29, 0.717) is 26.1 Å². The number of alkyl halides is 3. The predicted octanol–water partition coefficient (Wildman–Crippen LogP) is 2.22. The fraction of sp³-hybridized carbons (Fsp3) is 0.700. The minimum Gasteiger partial charge on any atom is -0.493 e. The molecule has 4 nitrogen and oxygen atoms in total. The Hall–Kier alpha value is -1.24. The molecule has 0 aromatic carbocycles. The molecule has 1 aliphatic rings. The summed E-state index contributed by atoms with van der Waals surface area (Å²) in [5.41, 5.74) is -0.427. The second-order valence-electron chi connectivity index (χ2n) is 3.95. The molecule has 0 amide bonds. The van der Waals surface area contributed by atoms with Gasteiger partial charge in [-0.25, -0.2) is 17.9 Å². The number of ether oxygens (including phenoxy) is 1. The minimum atomic E-state index is -3.13. The number of rotatable bonds is 3. The van der Waals surface area contributed by atoms with Crippen molar-refractivity contribution in [1.29, 1.82) is 0 Å². The van der Waals surface area contributed by atoms with E-state index in [-0.39, 0.29) is 11.9 Å². The Morgan fingerprint density at radius 3 is 2.59 bits per heavy atom. The quantitative estimate of drug-likeness (QED) is 0.894. The molecule has 0 bridgehead atoms. The molecule has 0 radical (unpaired) electrons. The molecule has 1 aliphatic heterocycles. The van der Waals surface area contributed by atoms with Crippen molar-refractivity contribution in [2.75, 3.05) is 13.2 Å². The molecule has 17 heavy (non-hydrogen) atoms. The molecule has 96 valence electrons. The topological polar surface area (TPSA) is 47.3 Å². The van der Waals surface area contributed by atoms with Gasteiger partial charge in [0.2, 0.25) is 12.1 Å². The second-order valence-corrected chi connectivity index (χ2v) is 3.95. The standard InChI is InChI=1S/C10H13F3N2O2/c11-9(10(12)13)7-5-8(16)15(14-7)6-1-3-17-4-2-6/h5-6,9-10,16H,1-4H2. The number of hydrogen-bond acceptors (Lipinski definition) is 3. The van der Waals surface area contributed by atoms with E-state index in [1.807, 2.05) is 0 Å². The Morgan fingerprint density at radius 2 is 2.00 bits per heavy atom. The average molecular weight is 250 g/mol. The first-order chi connectivity index (χ1) is 8.09. The smallest absolute Gasteiger partial charge is 0.275 e. The zero-order chi connectivity index (χ0) is 12.4. The van der Waals surface area contributed by atoms with Gasteiger partial charge in [-0.3, -0.25) is 0 Å². The summed E-state index contributed by atoms with van der Waals surface area (Å²) in [5, 5.41) is 13.3. The maximum atomic E-state index is 13.1. The van der Waals surface area contributed by atoms with E-state index in [1.54, 1.807) is 0 Å². The summed E-state index contributed by atoms with van der Waals surface area (Å²) in [6.07, 6.45) is -4.34. The Bertz CT molecular complexity index is 378. The molecule has 1 saturated heterocycles. The predicted molar refractivity (Wildman–Crippen MR) is 52.8 cm³/mol. The first-order valence-corrected chi connectivity index (χ1v) is 5.38. The van der Waals surface area contributed by atoms with Crippen LogP contribution in [0.1, 0.15) is 30.7 Å². The van der Waals surface area contributed by atoms with Crippen LogP contribution in [0.3, 0.4) is 0 Å². The first kappa shape index (κ1) is 12.2. The highest BCUT2D eigenvalue weighted by atomic mass is 19.3. The SMILES string of the molecule is Oc1cc(C(F)C(F)F)nn1C1CCOCC1. The number of hydrogen-bond donors (Lipinski definition) is 1. The van der Waals surface area contributed by atoms with Crippen LogP contribution in [0.25, 0.3) is 0 Å². The minimum absolute atomic E-state index is 0.123. The number of nitrogens with zero attached hydrogens (tertiary/aromatic N) is 2. The van der Waals surface area contributed by atoms with E-state index in [9.17, 15) is 18.3 Å². The largest absolute Gasteiger partial charge is 0.493 e. The van der Waals surface area contributed by atoms with Gasteiger partial charge in [-0.05, 0) is 12.8 Å². The zero-order valence-corrected chi connectivity index (χ0v) is 9.02. The molecule has 1 aromatic heterocycles. The summed E-state index contributed by atoms with van der Waals surface area (Å²) in [6, 6.07) is 0.828. The van der Waals surface area contributed by atoms with Crippen molar-refractivity contribution in [3.63, 3.8) is 0 Å². The molecule has 7 heteroatoms. The van der Waals surface area contributed by atoms with Crippen molar-refractivity contribution in [2.45, 2.75) is 31.5 Å². The van der Waals surface area contributed by atoms with Crippen molar-refractivity contribution in [2.24, 2.45) is 0 Å². The van der Waals surface area contributed by atoms with Crippen LogP contribution in [-0.4, -0.2) is 34.5 Å². The molecule has 0 aliphatic carbocycles. The molecule has 1 aromatic rings. The Morgan fingerprint density at radius 1 is 1.35 bits per heavy atom. The summed E-state index contributed by atoms with van der Waals surface area (Å²) in [6.45, 7) is 1.04. The molecule has 1 atom stereocenters. The van der Waals surface area contributed by atoms with Crippen molar-refractivity contribution < 1.29 is 23.0 Å². The van der Waals surface area contributed by atoms with Gasteiger partial charge in [0.15, 0.2) is 0 Å². The van der Waals surface area contributed by atoms with Gasteiger partial charge in [0.25, 0.3) is 6.43 Å². The van der Waals surface area contributed by atoms with Crippen LogP contribution in [0.15, 0.2) is 6.07 Å². The number of aromatic nitrogens is 2. The van der Waals surface area contributed by atoms with E-state index < -0.39 is 18.3 Å². The summed E-state index contributed by atoms with van der Waals surface area (Å²) >= 11 is 0. The lowest BCUT2D eigenvalue weighted by Crippen LogP contribution is -2.20. The van der Waals surface area contributed by atoms with Gasteiger partial charge >= 0.3 is 0 Å². The fourth-order valence-corrected chi connectivity index (χ4v) is 1.87. The summed E-state index contributed by atoms with van der Waals surface area (Å²) in [5.74, 6) is -0.282. The third-order valence-corrected chi connectivity index (χ3v) is 2.78. The van der Waals surface area contributed by atoms with E-state index in [2.05, 4.69) is 5.10 Å². The van der Waals surface area contributed by atoms with Crippen LogP contribution in [0.4, 0.5) is 13.2 Å². The van der Waals surface area contributed by atoms with Crippen LogP contribution in [0.2, 0.25) is 0 Å². The van der Waals surface area contributed by atoms with E-state index in [0.717, 1.165) is 6.07 Å². The molecule has 2 rings (SSSR count). The van der Waals surface area contributed by atoms with Crippen LogP contribution in [-0.2, 0) is 4.74 Å². The highest BCUT2D eigenvalue weighted by Gasteiger charge is 2.28. The van der Waals surface area contributed by atoms with Crippen LogP contribution in [0, 0.1) is 0 Å². The van der Waals surface area contributed by atoms with E-state index in [4.69, 9.17) is 4.74 Å². The van der Waals surface area contributed by atoms with E-state index in [1.165, 1.54) is 4.68 Å². The van der Waals surface area contributed by atoms with Crippen LogP contribution < -0.4 is 0 Å². The molecule has 2 heterocycles. The molecule has 1 unspecified atom stereocenters. The lowest BCUT2D eigenvalue weighted by molar-refractivity contribution is 0.0451. The van der Waals surface area contributed by atoms with Crippen molar-refractivity contribution in [3.05, 3.63) is 11.8 Å². The van der Waals surface area contributed by atoms with Gasteiger partial charge in [-0.1, -0.05) is 0 Å². The molecular weight excluding hydrogens is 237 g/mol. The number of aromatic hydroxyl groups is 1. The summed E-state index contributed by atoms with van der Waals surface area (Å²) in [7, 11) is 0. The molecule has 0 saturated carbocycles. The van der Waals surface area contributed by atoms with Gasteiger partial charge in [0.05, 0.1) is 6.04 Å². The molecule has 1 N–H and O–H groups in total. The maximum Gasteiger partial charge on any atom is 0.275 e. The normalized spacial score (nSPS) is 19.8. The molecule has 0 spiro atoms. The van der Waals surface area contributed by atoms with Crippen molar-refractivity contribution >= 4 is 0 Å².